The van der Waals surface area contributed by atoms with E-state index in [1.807, 2.05) is 62.4 Å². The number of nitrogens with one attached hydrogen (secondary N) is 2. The molecule has 0 saturated carbocycles. The smallest absolute Gasteiger partial charge is 0.255 e. The Balaban J connectivity index is 1.45. The molecule has 0 bridgehead atoms. The Labute approximate surface area is 199 Å². The summed E-state index contributed by atoms with van der Waals surface area (Å²) in [7, 11) is -3.57. The van der Waals surface area contributed by atoms with Gasteiger partial charge in [-0.3, -0.25) is 4.79 Å². The van der Waals surface area contributed by atoms with Crippen LogP contribution in [0.2, 0.25) is 0 Å². The molecule has 8 heteroatoms. The van der Waals surface area contributed by atoms with Gasteiger partial charge in [0.25, 0.3) is 5.91 Å². The van der Waals surface area contributed by atoms with E-state index in [0.717, 1.165) is 35.3 Å². The first-order valence-corrected chi connectivity index (χ1v) is 12.8. The average molecular weight is 477 g/mol. The van der Waals surface area contributed by atoms with Gasteiger partial charge in [-0.05, 0) is 73.5 Å². The van der Waals surface area contributed by atoms with E-state index in [9.17, 15) is 13.2 Å². The molecule has 0 spiro atoms. The summed E-state index contributed by atoms with van der Waals surface area (Å²) in [6.07, 6.45) is 1.49. The summed E-state index contributed by atoms with van der Waals surface area (Å²) in [5.74, 6) is 0.454. The molecular formula is C26H28N4O3S. The fourth-order valence-corrected chi connectivity index (χ4v) is 5.41. The number of hydrogen-bond acceptors (Lipinski definition) is 4. The zero-order valence-electron chi connectivity index (χ0n) is 19.3. The van der Waals surface area contributed by atoms with Crippen LogP contribution in [0.25, 0.3) is 22.4 Å². The van der Waals surface area contributed by atoms with Gasteiger partial charge in [0.1, 0.15) is 5.82 Å². The number of rotatable bonds is 9. The third kappa shape index (κ3) is 5.03. The number of carbonyl (C=O) groups is 1. The number of benzene rings is 3. The second-order valence-electron chi connectivity index (χ2n) is 8.06. The fraction of sp³-hybridized carbons (Fsp3) is 0.231. The molecule has 0 radical (unpaired) electrons. The number of imidazole rings is 1. The summed E-state index contributed by atoms with van der Waals surface area (Å²) in [5, 5.41) is 2.86. The van der Waals surface area contributed by atoms with Crippen LogP contribution in [0.3, 0.4) is 0 Å². The highest BCUT2D eigenvalue weighted by molar-refractivity contribution is 7.89. The van der Waals surface area contributed by atoms with Crippen LogP contribution in [0.4, 0.5) is 5.69 Å². The molecule has 0 saturated heterocycles. The summed E-state index contributed by atoms with van der Waals surface area (Å²) in [5.41, 5.74) is 3.80. The minimum Gasteiger partial charge on any atom is -0.338 e. The highest BCUT2D eigenvalue weighted by atomic mass is 32.2. The molecule has 4 rings (SSSR count). The largest absolute Gasteiger partial charge is 0.338 e. The Morgan fingerprint density at radius 1 is 0.912 bits per heavy atom. The SMILES string of the molecule is CCCN(CCC)S(=O)(=O)c1ccc(C(=O)Nc2ccc(-c3nc4ccccc4[nH]3)cc2)cc1. The predicted octanol–water partition coefficient (Wildman–Crippen LogP) is 5.29. The van der Waals surface area contributed by atoms with Crippen molar-refractivity contribution in [2.75, 3.05) is 18.4 Å². The van der Waals surface area contributed by atoms with Crippen LogP contribution in [-0.4, -0.2) is 41.7 Å². The minimum absolute atomic E-state index is 0.195. The highest BCUT2D eigenvalue weighted by Crippen LogP contribution is 2.23. The van der Waals surface area contributed by atoms with Crippen LogP contribution >= 0.6 is 0 Å². The highest BCUT2D eigenvalue weighted by Gasteiger charge is 2.23. The van der Waals surface area contributed by atoms with Gasteiger partial charge in [0.2, 0.25) is 10.0 Å². The van der Waals surface area contributed by atoms with Crippen molar-refractivity contribution in [1.29, 1.82) is 0 Å². The Hall–Kier alpha value is -3.49. The molecule has 0 atom stereocenters. The van der Waals surface area contributed by atoms with E-state index in [4.69, 9.17) is 0 Å². The molecule has 0 aliphatic heterocycles. The summed E-state index contributed by atoms with van der Waals surface area (Å²) in [6, 6.07) is 21.3. The fourth-order valence-electron chi connectivity index (χ4n) is 3.78. The van der Waals surface area contributed by atoms with Crippen molar-refractivity contribution in [2.45, 2.75) is 31.6 Å². The summed E-state index contributed by atoms with van der Waals surface area (Å²) in [6.45, 7) is 4.86. The van der Waals surface area contributed by atoms with Gasteiger partial charge >= 0.3 is 0 Å². The number of aromatic nitrogens is 2. The Kier molecular flexibility index (Phi) is 7.09. The molecule has 3 aromatic carbocycles. The van der Waals surface area contributed by atoms with Gasteiger partial charge in [-0.25, -0.2) is 13.4 Å². The van der Waals surface area contributed by atoms with Gasteiger partial charge in [0.15, 0.2) is 0 Å². The number of H-pyrrole nitrogens is 1. The Morgan fingerprint density at radius 3 is 2.18 bits per heavy atom. The van der Waals surface area contributed by atoms with Crippen LogP contribution < -0.4 is 5.32 Å². The maximum absolute atomic E-state index is 12.9. The van der Waals surface area contributed by atoms with Crippen LogP contribution in [-0.2, 0) is 10.0 Å². The van der Waals surface area contributed by atoms with Crippen LogP contribution in [0, 0.1) is 0 Å². The number of sulfonamides is 1. The van der Waals surface area contributed by atoms with E-state index in [1.165, 1.54) is 16.4 Å². The second kappa shape index (κ2) is 10.2. The van der Waals surface area contributed by atoms with Crippen molar-refractivity contribution in [2.24, 2.45) is 0 Å². The molecule has 7 nitrogen and oxygen atoms in total. The number of para-hydroxylation sites is 2. The van der Waals surface area contributed by atoms with Crippen LogP contribution in [0.15, 0.2) is 77.7 Å². The third-order valence-corrected chi connectivity index (χ3v) is 7.42. The predicted molar refractivity (Wildman–Crippen MR) is 135 cm³/mol. The first-order valence-electron chi connectivity index (χ1n) is 11.4. The molecule has 0 unspecified atom stereocenters. The van der Waals surface area contributed by atoms with Crippen molar-refractivity contribution in [3.8, 4) is 11.4 Å². The summed E-state index contributed by atoms with van der Waals surface area (Å²) >= 11 is 0. The van der Waals surface area contributed by atoms with Crippen LogP contribution in [0.1, 0.15) is 37.0 Å². The van der Waals surface area contributed by atoms with Gasteiger partial charge in [-0.2, -0.15) is 4.31 Å². The number of nitrogens with zero attached hydrogens (tertiary/aromatic N) is 2. The van der Waals surface area contributed by atoms with Gasteiger partial charge in [-0.1, -0.05) is 26.0 Å². The molecule has 176 valence electrons. The molecule has 0 fully saturated rings. The van der Waals surface area contributed by atoms with Crippen molar-refractivity contribution < 1.29 is 13.2 Å². The lowest BCUT2D eigenvalue weighted by Gasteiger charge is -2.21. The first kappa shape index (κ1) is 23.7. The number of amides is 1. The standard InChI is InChI=1S/C26H28N4O3S/c1-3-17-30(18-4-2)34(32,33)22-15-11-20(12-16-22)26(31)27-21-13-9-19(10-14-21)25-28-23-7-5-6-8-24(23)29-25/h5-16H,3-4,17-18H2,1-2H3,(H,27,31)(H,28,29). The van der Waals surface area contributed by atoms with E-state index >= 15 is 0 Å². The van der Waals surface area contributed by atoms with Crippen molar-refractivity contribution in [3.05, 3.63) is 78.4 Å². The number of carbonyl (C=O) groups excluding carboxylic acids is 1. The topological polar surface area (TPSA) is 95.2 Å². The zero-order chi connectivity index (χ0) is 24.1. The lowest BCUT2D eigenvalue weighted by Crippen LogP contribution is -2.32. The van der Waals surface area contributed by atoms with E-state index in [0.29, 0.717) is 24.3 Å². The lowest BCUT2D eigenvalue weighted by atomic mass is 10.1. The third-order valence-electron chi connectivity index (χ3n) is 5.51. The molecular weight excluding hydrogens is 448 g/mol. The first-order chi connectivity index (χ1) is 16.4. The van der Waals surface area contributed by atoms with Gasteiger partial charge in [-0.15, -0.1) is 0 Å². The normalized spacial score (nSPS) is 11.7. The quantitative estimate of drug-likeness (QED) is 0.343. The van der Waals surface area contributed by atoms with Crippen LogP contribution in [0.5, 0.6) is 0 Å². The molecule has 1 amide bonds. The average Bonchev–Trinajstić information content (AvgIpc) is 3.29. The number of fused-ring (bicyclic) bond motifs is 1. The molecule has 0 aliphatic carbocycles. The van der Waals surface area contributed by atoms with Crippen molar-refractivity contribution in [3.63, 3.8) is 0 Å². The molecule has 2 N–H and O–H groups in total. The van der Waals surface area contributed by atoms with E-state index in [2.05, 4.69) is 15.3 Å². The zero-order valence-corrected chi connectivity index (χ0v) is 20.1. The van der Waals surface area contributed by atoms with Gasteiger partial charge in [0, 0.05) is 29.9 Å². The monoisotopic (exact) mass is 476 g/mol. The minimum atomic E-state index is -3.57. The van der Waals surface area contributed by atoms with E-state index in [-0.39, 0.29) is 10.8 Å². The number of hydrogen-bond donors (Lipinski definition) is 2. The van der Waals surface area contributed by atoms with Crippen molar-refractivity contribution in [1.82, 2.24) is 14.3 Å². The molecule has 1 aromatic heterocycles. The number of anilines is 1. The molecule has 4 aromatic rings. The Morgan fingerprint density at radius 2 is 1.56 bits per heavy atom. The summed E-state index contributed by atoms with van der Waals surface area (Å²) in [4.78, 5) is 20.8. The second-order valence-corrected chi connectivity index (χ2v) is 10.0. The summed E-state index contributed by atoms with van der Waals surface area (Å²) < 4.78 is 27.3. The lowest BCUT2D eigenvalue weighted by molar-refractivity contribution is 0.102. The number of aromatic amines is 1. The van der Waals surface area contributed by atoms with E-state index < -0.39 is 10.0 Å². The van der Waals surface area contributed by atoms with Gasteiger partial charge in [0.05, 0.1) is 15.9 Å². The molecule has 0 aliphatic rings. The molecule has 34 heavy (non-hydrogen) atoms. The maximum Gasteiger partial charge on any atom is 0.255 e. The van der Waals surface area contributed by atoms with Crippen molar-refractivity contribution >= 4 is 32.7 Å². The Bertz CT molecular complexity index is 1340. The van der Waals surface area contributed by atoms with Gasteiger partial charge < -0.3 is 10.3 Å². The maximum atomic E-state index is 12.9. The molecule has 1 heterocycles. The van der Waals surface area contributed by atoms with E-state index in [1.54, 1.807) is 12.1 Å².